The highest BCUT2D eigenvalue weighted by molar-refractivity contribution is 5.97. The molecule has 2 saturated heterocycles. The molecule has 15 nitrogen and oxygen atoms in total. The van der Waals surface area contributed by atoms with E-state index in [1.165, 1.54) is 38.3 Å². The van der Waals surface area contributed by atoms with Gasteiger partial charge in [-0.05, 0) is 42.8 Å². The highest BCUT2D eigenvalue weighted by atomic mass is 16.7. The van der Waals surface area contributed by atoms with Crippen molar-refractivity contribution in [1.29, 1.82) is 0 Å². The molecular weight excluding hydrogens is 596 g/mol. The fourth-order valence-electron chi connectivity index (χ4n) is 5.36. The zero-order chi connectivity index (χ0) is 32.2. The summed E-state index contributed by atoms with van der Waals surface area (Å²) < 4.78 is 27.6. The fraction of sp³-hybridized carbons (Fsp3) is 0.467. The number of oxime groups is 1. The number of hydrogen-bond acceptors (Lipinski definition) is 14. The van der Waals surface area contributed by atoms with E-state index < -0.39 is 67.1 Å². The van der Waals surface area contributed by atoms with Crippen molar-refractivity contribution in [1.82, 2.24) is 5.32 Å². The normalized spacial score (nSPS) is 33.4. The van der Waals surface area contributed by atoms with Gasteiger partial charge in [0, 0.05) is 5.57 Å². The molecular formula is C30H36N2O13. The number of fused-ring (bicyclic) bond motifs is 1. The Labute approximate surface area is 257 Å². The second-order valence-electron chi connectivity index (χ2n) is 10.8. The van der Waals surface area contributed by atoms with E-state index in [-0.39, 0.29) is 36.2 Å². The number of ether oxygens (including phenoxy) is 5. The SMILES string of the molecule is CO/N=C(\COc1ccccc1)[C@H]1O[C@@H](Oc2ccc(/C=C(\C)C(=O)N[C@@H]3[C@H](O)[C@@H](O)[C@H]4OCO[C@H]4[C@@H]3O)cc2O)[C@@H](O)[C@@H]1O. The molecule has 2 aromatic carbocycles. The lowest BCUT2D eigenvalue weighted by Gasteiger charge is -2.41. The molecule has 2 heterocycles. The molecule has 244 valence electrons. The van der Waals surface area contributed by atoms with Gasteiger partial charge in [-0.3, -0.25) is 4.79 Å². The summed E-state index contributed by atoms with van der Waals surface area (Å²) in [5.74, 6) is -0.527. The molecule has 0 radical (unpaired) electrons. The van der Waals surface area contributed by atoms with Crippen LogP contribution in [0.3, 0.4) is 0 Å². The molecule has 1 amide bonds. The van der Waals surface area contributed by atoms with Crippen LogP contribution in [0.15, 0.2) is 59.3 Å². The van der Waals surface area contributed by atoms with E-state index in [2.05, 4.69) is 10.5 Å². The van der Waals surface area contributed by atoms with E-state index in [1.54, 1.807) is 24.3 Å². The molecule has 3 fully saturated rings. The van der Waals surface area contributed by atoms with Crippen LogP contribution in [0.5, 0.6) is 17.2 Å². The number of para-hydroxylation sites is 1. The van der Waals surface area contributed by atoms with Gasteiger partial charge >= 0.3 is 0 Å². The first-order valence-corrected chi connectivity index (χ1v) is 14.1. The lowest BCUT2D eigenvalue weighted by atomic mass is 9.83. The first-order valence-electron chi connectivity index (χ1n) is 14.1. The quantitative estimate of drug-likeness (QED) is 0.0954. The summed E-state index contributed by atoms with van der Waals surface area (Å²) in [5.41, 5.74) is 0.707. The molecule has 0 unspecified atom stereocenters. The lowest BCUT2D eigenvalue weighted by Crippen LogP contribution is -2.67. The van der Waals surface area contributed by atoms with Crippen molar-refractivity contribution < 1.29 is 64.0 Å². The van der Waals surface area contributed by atoms with Gasteiger partial charge in [-0.2, -0.15) is 0 Å². The molecule has 2 aromatic rings. The molecule has 10 atom stereocenters. The summed E-state index contributed by atoms with van der Waals surface area (Å²) in [7, 11) is 1.32. The Morgan fingerprint density at radius 3 is 2.38 bits per heavy atom. The number of hydrogen-bond donors (Lipinski definition) is 7. The standard InChI is InChI=1S/C30H36N2O13/c1-14(29(39)31-20-21(34)23(36)28-27(22(20)35)42-13-43-28)10-15-8-9-19(18(33)11-15)44-30-25(38)24(37)26(45-30)17(32-40-2)12-41-16-6-4-3-5-7-16/h3-11,20-28,30,33-38H,12-13H2,1-2H3,(H,31,39)/b14-10+,32-17+/t20-,21+,22-,23-,24+,25+,26-,27+,28-,30-/m1/s1. The van der Waals surface area contributed by atoms with Crippen molar-refractivity contribution in [2.75, 3.05) is 20.5 Å². The molecule has 0 aromatic heterocycles. The van der Waals surface area contributed by atoms with E-state index in [0.717, 1.165) is 0 Å². The summed E-state index contributed by atoms with van der Waals surface area (Å²) in [6, 6.07) is 11.9. The number of aliphatic hydroxyl groups is 5. The molecule has 15 heteroatoms. The maximum Gasteiger partial charge on any atom is 0.247 e. The average molecular weight is 633 g/mol. The Balaban J connectivity index is 1.21. The number of phenols is 1. The number of rotatable bonds is 10. The largest absolute Gasteiger partial charge is 0.504 e. The second-order valence-corrected chi connectivity index (χ2v) is 10.8. The van der Waals surface area contributed by atoms with Gasteiger partial charge in [0.2, 0.25) is 12.2 Å². The number of aromatic hydroxyl groups is 1. The summed E-state index contributed by atoms with van der Waals surface area (Å²) in [5, 5.41) is 69.7. The predicted molar refractivity (Wildman–Crippen MR) is 154 cm³/mol. The summed E-state index contributed by atoms with van der Waals surface area (Å²) >= 11 is 0. The Bertz CT molecular complexity index is 1390. The van der Waals surface area contributed by atoms with E-state index in [1.807, 2.05) is 6.07 Å². The van der Waals surface area contributed by atoms with Gasteiger partial charge in [-0.25, -0.2) is 0 Å². The second kappa shape index (κ2) is 14.1. The maximum absolute atomic E-state index is 12.9. The molecule has 7 N–H and O–H groups in total. The minimum absolute atomic E-state index is 0.0762. The van der Waals surface area contributed by atoms with Crippen LogP contribution in [0, 0.1) is 0 Å². The summed E-state index contributed by atoms with van der Waals surface area (Å²) in [4.78, 5) is 17.7. The van der Waals surface area contributed by atoms with Crippen LogP contribution in [0.25, 0.3) is 6.08 Å². The van der Waals surface area contributed by atoms with Gasteiger partial charge in [-0.1, -0.05) is 29.4 Å². The molecule has 3 aliphatic rings. The Kier molecular flexibility index (Phi) is 10.2. The van der Waals surface area contributed by atoms with Crippen molar-refractivity contribution in [3.05, 3.63) is 59.7 Å². The number of carbonyl (C=O) groups excluding carboxylic acids is 1. The van der Waals surface area contributed by atoms with E-state index in [0.29, 0.717) is 11.3 Å². The molecule has 1 aliphatic carbocycles. The van der Waals surface area contributed by atoms with Crippen LogP contribution in [-0.2, 0) is 23.8 Å². The third-order valence-electron chi connectivity index (χ3n) is 7.76. The van der Waals surface area contributed by atoms with E-state index in [4.69, 9.17) is 28.5 Å². The van der Waals surface area contributed by atoms with Crippen LogP contribution in [0.1, 0.15) is 12.5 Å². The lowest BCUT2D eigenvalue weighted by molar-refractivity contribution is -0.155. The molecule has 5 rings (SSSR count). The average Bonchev–Trinajstić information content (AvgIpc) is 3.63. The maximum atomic E-state index is 12.9. The number of carbonyl (C=O) groups is 1. The van der Waals surface area contributed by atoms with Crippen LogP contribution in [0.2, 0.25) is 0 Å². The van der Waals surface area contributed by atoms with Crippen molar-refractivity contribution in [3.63, 3.8) is 0 Å². The van der Waals surface area contributed by atoms with Gasteiger partial charge in [0.25, 0.3) is 0 Å². The number of nitrogens with one attached hydrogen (secondary N) is 1. The van der Waals surface area contributed by atoms with Gasteiger partial charge < -0.3 is 64.5 Å². The number of benzene rings is 2. The van der Waals surface area contributed by atoms with Gasteiger partial charge in [-0.15, -0.1) is 0 Å². The summed E-state index contributed by atoms with van der Waals surface area (Å²) in [6.45, 7) is 1.22. The van der Waals surface area contributed by atoms with Crippen molar-refractivity contribution >= 4 is 17.7 Å². The highest BCUT2D eigenvalue weighted by Crippen LogP contribution is 2.33. The van der Waals surface area contributed by atoms with Crippen molar-refractivity contribution in [2.45, 2.75) is 68.1 Å². The minimum Gasteiger partial charge on any atom is -0.504 e. The molecule has 0 spiro atoms. The van der Waals surface area contributed by atoms with Gasteiger partial charge in [0.15, 0.2) is 11.5 Å². The zero-order valence-electron chi connectivity index (χ0n) is 24.4. The van der Waals surface area contributed by atoms with Crippen LogP contribution >= 0.6 is 0 Å². The minimum atomic E-state index is -1.51. The van der Waals surface area contributed by atoms with E-state index >= 15 is 0 Å². The van der Waals surface area contributed by atoms with Crippen LogP contribution in [0.4, 0.5) is 0 Å². The number of aliphatic hydroxyl groups excluding tert-OH is 5. The van der Waals surface area contributed by atoms with E-state index in [9.17, 15) is 35.4 Å². The zero-order valence-corrected chi connectivity index (χ0v) is 24.4. The first kappa shape index (κ1) is 32.6. The third kappa shape index (κ3) is 7.05. The number of nitrogens with zero attached hydrogens (tertiary/aromatic N) is 1. The number of amides is 1. The fourth-order valence-corrected chi connectivity index (χ4v) is 5.36. The van der Waals surface area contributed by atoms with Crippen molar-refractivity contribution in [2.24, 2.45) is 5.16 Å². The third-order valence-corrected chi connectivity index (χ3v) is 7.76. The Morgan fingerprint density at radius 2 is 1.69 bits per heavy atom. The molecule has 45 heavy (non-hydrogen) atoms. The molecule has 1 saturated carbocycles. The van der Waals surface area contributed by atoms with Crippen molar-refractivity contribution in [3.8, 4) is 17.2 Å². The monoisotopic (exact) mass is 632 g/mol. The first-order chi connectivity index (χ1) is 21.6. The highest BCUT2D eigenvalue weighted by Gasteiger charge is 2.53. The predicted octanol–water partition coefficient (Wildman–Crippen LogP) is -0.975. The van der Waals surface area contributed by atoms with Gasteiger partial charge in [0.1, 0.15) is 80.8 Å². The topological polar surface area (TPSA) is 218 Å². The van der Waals surface area contributed by atoms with Crippen LogP contribution in [-0.4, -0.2) is 124 Å². The van der Waals surface area contributed by atoms with Gasteiger partial charge in [0.05, 0.1) is 6.04 Å². The summed E-state index contributed by atoms with van der Waals surface area (Å²) in [6.07, 6.45) is -10.1. The Morgan fingerprint density at radius 1 is 0.978 bits per heavy atom. The smallest absolute Gasteiger partial charge is 0.247 e. The Hall–Kier alpha value is -3.80. The number of phenolic OH excluding ortho intramolecular Hbond substituents is 1. The molecule has 0 bridgehead atoms. The molecule has 2 aliphatic heterocycles. The van der Waals surface area contributed by atoms with Crippen LogP contribution < -0.4 is 14.8 Å².